The van der Waals surface area contributed by atoms with E-state index < -0.39 is 19.0 Å². The van der Waals surface area contributed by atoms with Gasteiger partial charge in [0, 0.05) is 11.9 Å². The predicted octanol–water partition coefficient (Wildman–Crippen LogP) is 2.01. The van der Waals surface area contributed by atoms with E-state index in [4.69, 9.17) is 4.74 Å². The van der Waals surface area contributed by atoms with Crippen molar-refractivity contribution in [2.24, 2.45) is 0 Å². The van der Waals surface area contributed by atoms with Crippen molar-refractivity contribution in [1.29, 1.82) is 0 Å². The third-order valence-corrected chi connectivity index (χ3v) is 2.56. The summed E-state index contributed by atoms with van der Waals surface area (Å²) in [5.74, 6) is -0.476. The maximum atomic E-state index is 11.7. The van der Waals surface area contributed by atoms with Crippen LogP contribution in [-0.4, -0.2) is 43.7 Å². The second kappa shape index (κ2) is 7.93. The van der Waals surface area contributed by atoms with E-state index in [2.05, 4.69) is 15.0 Å². The number of carbonyl (C=O) groups is 1. The second-order valence-electron chi connectivity index (χ2n) is 3.15. The standard InChI is InChI=1S/C10H14F2N2O3S/c1-2-17-9(15)7-6-18-10(14-7)13-3-4-16-5-8(11)12/h6,8H,2-5H2,1H3,(H,13,14). The first-order chi connectivity index (χ1) is 8.63. The van der Waals surface area contributed by atoms with Crippen molar-refractivity contribution < 1.29 is 23.0 Å². The summed E-state index contributed by atoms with van der Waals surface area (Å²) in [4.78, 5) is 15.3. The number of rotatable bonds is 8. The number of nitrogens with one attached hydrogen (secondary N) is 1. The summed E-state index contributed by atoms with van der Waals surface area (Å²) < 4.78 is 32.9. The van der Waals surface area contributed by atoms with Crippen molar-refractivity contribution >= 4 is 22.4 Å². The summed E-state index contributed by atoms with van der Waals surface area (Å²) in [6, 6.07) is 0. The zero-order valence-corrected chi connectivity index (χ0v) is 10.6. The van der Waals surface area contributed by atoms with Gasteiger partial charge in [0.05, 0.1) is 13.2 Å². The van der Waals surface area contributed by atoms with E-state index >= 15 is 0 Å². The van der Waals surface area contributed by atoms with Gasteiger partial charge in [-0.15, -0.1) is 11.3 Å². The zero-order valence-electron chi connectivity index (χ0n) is 9.82. The largest absolute Gasteiger partial charge is 0.461 e. The molecule has 0 saturated carbocycles. The van der Waals surface area contributed by atoms with E-state index in [0.29, 0.717) is 18.3 Å². The molecule has 102 valence electrons. The minimum Gasteiger partial charge on any atom is -0.461 e. The molecule has 0 bridgehead atoms. The fraction of sp³-hybridized carbons (Fsp3) is 0.600. The highest BCUT2D eigenvalue weighted by atomic mass is 32.1. The molecule has 0 atom stereocenters. The maximum absolute atomic E-state index is 11.7. The molecule has 8 heteroatoms. The van der Waals surface area contributed by atoms with Crippen molar-refractivity contribution in [3.8, 4) is 0 Å². The van der Waals surface area contributed by atoms with Crippen LogP contribution in [0.1, 0.15) is 17.4 Å². The van der Waals surface area contributed by atoms with Gasteiger partial charge in [-0.2, -0.15) is 0 Å². The minimum atomic E-state index is -2.46. The number of esters is 1. The number of aromatic nitrogens is 1. The summed E-state index contributed by atoms with van der Waals surface area (Å²) in [6.45, 7) is 1.93. The van der Waals surface area contributed by atoms with Gasteiger partial charge in [-0.1, -0.05) is 0 Å². The molecule has 0 saturated heterocycles. The number of thiazole rings is 1. The average Bonchev–Trinajstić information content (AvgIpc) is 2.77. The Balaban J connectivity index is 2.25. The van der Waals surface area contributed by atoms with Crippen LogP contribution < -0.4 is 5.32 Å². The first-order valence-corrected chi connectivity index (χ1v) is 6.23. The first-order valence-electron chi connectivity index (χ1n) is 5.36. The molecule has 5 nitrogen and oxygen atoms in total. The minimum absolute atomic E-state index is 0.151. The van der Waals surface area contributed by atoms with Crippen LogP contribution in [0, 0.1) is 0 Å². The van der Waals surface area contributed by atoms with Gasteiger partial charge in [0.25, 0.3) is 6.43 Å². The summed E-state index contributed by atoms with van der Waals surface area (Å²) in [5, 5.41) is 4.96. The maximum Gasteiger partial charge on any atom is 0.357 e. The fourth-order valence-corrected chi connectivity index (χ4v) is 1.76. The number of nitrogens with zero attached hydrogens (tertiary/aromatic N) is 1. The molecule has 18 heavy (non-hydrogen) atoms. The quantitative estimate of drug-likeness (QED) is 0.583. The molecule has 0 aliphatic carbocycles. The third-order valence-electron chi connectivity index (χ3n) is 1.76. The smallest absolute Gasteiger partial charge is 0.357 e. The lowest BCUT2D eigenvalue weighted by Crippen LogP contribution is -2.13. The molecule has 1 N–H and O–H groups in total. The summed E-state index contributed by atoms with van der Waals surface area (Å²) in [6.07, 6.45) is -2.46. The van der Waals surface area contributed by atoms with E-state index in [1.54, 1.807) is 12.3 Å². The topological polar surface area (TPSA) is 60.5 Å². The summed E-state index contributed by atoms with van der Waals surface area (Å²) in [5.41, 5.74) is 0.234. The SMILES string of the molecule is CCOC(=O)c1csc(NCCOCC(F)F)n1. The highest BCUT2D eigenvalue weighted by molar-refractivity contribution is 7.13. The van der Waals surface area contributed by atoms with Crippen LogP contribution in [0.15, 0.2) is 5.38 Å². The number of alkyl halides is 2. The molecule has 0 aromatic carbocycles. The second-order valence-corrected chi connectivity index (χ2v) is 4.01. The summed E-state index contributed by atoms with van der Waals surface area (Å²) >= 11 is 1.24. The molecule has 1 heterocycles. The normalized spacial score (nSPS) is 10.7. The van der Waals surface area contributed by atoms with Crippen molar-refractivity contribution in [2.45, 2.75) is 13.3 Å². The van der Waals surface area contributed by atoms with Gasteiger partial charge in [0.15, 0.2) is 10.8 Å². The molecule has 0 spiro atoms. The molecule has 1 aromatic rings. The van der Waals surface area contributed by atoms with E-state index in [1.807, 2.05) is 0 Å². The average molecular weight is 280 g/mol. The van der Waals surface area contributed by atoms with Gasteiger partial charge in [-0.05, 0) is 6.92 Å². The van der Waals surface area contributed by atoms with E-state index in [-0.39, 0.29) is 12.3 Å². The third kappa shape index (κ3) is 5.37. The Morgan fingerprint density at radius 3 is 3.06 bits per heavy atom. The molecule has 1 rings (SSSR count). The van der Waals surface area contributed by atoms with Gasteiger partial charge in [0.1, 0.15) is 6.61 Å². The van der Waals surface area contributed by atoms with E-state index in [9.17, 15) is 13.6 Å². The van der Waals surface area contributed by atoms with E-state index in [1.165, 1.54) is 11.3 Å². The molecule has 1 aromatic heterocycles. The zero-order chi connectivity index (χ0) is 13.4. The molecule has 0 fully saturated rings. The Labute approximate surface area is 107 Å². The van der Waals surface area contributed by atoms with Crippen LogP contribution in [0.5, 0.6) is 0 Å². The van der Waals surface area contributed by atoms with E-state index in [0.717, 1.165) is 0 Å². The lowest BCUT2D eigenvalue weighted by Gasteiger charge is -2.03. The van der Waals surface area contributed by atoms with Crippen LogP contribution in [-0.2, 0) is 9.47 Å². The Morgan fingerprint density at radius 2 is 2.39 bits per heavy atom. The van der Waals surface area contributed by atoms with Crippen LogP contribution in [0.3, 0.4) is 0 Å². The fourth-order valence-electron chi connectivity index (χ4n) is 1.06. The Bertz CT molecular complexity index is 374. The van der Waals surface area contributed by atoms with Crippen molar-refractivity contribution in [2.75, 3.05) is 31.7 Å². The van der Waals surface area contributed by atoms with Gasteiger partial charge < -0.3 is 14.8 Å². The van der Waals surface area contributed by atoms with Gasteiger partial charge in [-0.3, -0.25) is 0 Å². The van der Waals surface area contributed by atoms with Crippen LogP contribution in [0.2, 0.25) is 0 Å². The number of hydrogen-bond acceptors (Lipinski definition) is 6. The molecule has 0 unspecified atom stereocenters. The Morgan fingerprint density at radius 1 is 1.61 bits per heavy atom. The monoisotopic (exact) mass is 280 g/mol. The van der Waals surface area contributed by atoms with Gasteiger partial charge in [0.2, 0.25) is 0 Å². The lowest BCUT2D eigenvalue weighted by molar-refractivity contribution is 0.0215. The Kier molecular flexibility index (Phi) is 6.51. The molecule has 0 radical (unpaired) electrons. The first kappa shape index (κ1) is 14.8. The van der Waals surface area contributed by atoms with Crippen LogP contribution >= 0.6 is 11.3 Å². The number of anilines is 1. The molecular weight excluding hydrogens is 266 g/mol. The molecule has 0 aliphatic heterocycles. The molecular formula is C10H14F2N2O3S. The van der Waals surface area contributed by atoms with Crippen molar-refractivity contribution in [3.05, 3.63) is 11.1 Å². The van der Waals surface area contributed by atoms with Crippen molar-refractivity contribution in [1.82, 2.24) is 4.98 Å². The molecule has 0 amide bonds. The highest BCUT2D eigenvalue weighted by Gasteiger charge is 2.11. The lowest BCUT2D eigenvalue weighted by atomic mass is 10.5. The highest BCUT2D eigenvalue weighted by Crippen LogP contribution is 2.15. The number of hydrogen-bond donors (Lipinski definition) is 1. The number of carbonyl (C=O) groups excluding carboxylic acids is 1. The number of halogens is 2. The number of ether oxygens (including phenoxy) is 2. The molecule has 0 aliphatic rings. The van der Waals surface area contributed by atoms with Crippen LogP contribution in [0.25, 0.3) is 0 Å². The van der Waals surface area contributed by atoms with Gasteiger partial charge >= 0.3 is 5.97 Å². The predicted molar refractivity (Wildman–Crippen MR) is 63.4 cm³/mol. The Hall–Kier alpha value is -1.28. The van der Waals surface area contributed by atoms with Gasteiger partial charge in [-0.25, -0.2) is 18.6 Å². The van der Waals surface area contributed by atoms with Crippen molar-refractivity contribution in [3.63, 3.8) is 0 Å². The summed E-state index contributed by atoms with van der Waals surface area (Å²) in [7, 11) is 0. The van der Waals surface area contributed by atoms with Crippen LogP contribution in [0.4, 0.5) is 13.9 Å².